The Morgan fingerprint density at radius 1 is 1.00 bits per heavy atom. The Labute approximate surface area is 94.3 Å². The average Bonchev–Trinajstić information content (AvgIpc) is 2.22. The maximum atomic E-state index is 8.25. The minimum atomic E-state index is 0.319. The van der Waals surface area contributed by atoms with Gasteiger partial charge in [0.05, 0.1) is 0 Å². The molecule has 0 aromatic rings. The third-order valence-electron chi connectivity index (χ3n) is 0.447. The summed E-state index contributed by atoms with van der Waals surface area (Å²) in [5.74, 6) is 0. The Balaban J connectivity index is -0.0000000431. The molecule has 0 aliphatic heterocycles. The number of aliphatic hydroxyl groups excluding tert-OH is 2. The van der Waals surface area contributed by atoms with Crippen LogP contribution >= 0.6 is 0 Å². The number of hydrogen-bond donors (Lipinski definition) is 2. The van der Waals surface area contributed by atoms with Gasteiger partial charge in [0.25, 0.3) is 0 Å². The van der Waals surface area contributed by atoms with Crippen LogP contribution in [0.1, 0.15) is 40.0 Å². The predicted molar refractivity (Wildman–Crippen MR) is 51.1 cm³/mol. The van der Waals surface area contributed by atoms with Gasteiger partial charge < -0.3 is 17.1 Å². The van der Waals surface area contributed by atoms with E-state index in [1.165, 1.54) is 0 Å². The molecule has 4 heteroatoms. The van der Waals surface area contributed by atoms with Crippen LogP contribution in [0.4, 0.5) is 0 Å². The molecule has 81 valence electrons. The first-order valence-electron chi connectivity index (χ1n) is 4.46. The first-order valence-corrected chi connectivity index (χ1v) is 5.10. The van der Waals surface area contributed by atoms with Gasteiger partial charge in [0, 0.05) is 13.2 Å². The molecular formula is C9H23O3Ti. The molecule has 0 atom stereocenters. The standard InChI is InChI=1S/2C3H8O.C3H7.O.Ti/c2*1-2-3-4;1-3-2;;/h2*4H,2-3H2,1H3;1,3H2,2H3;;/q;;-1;;+1. The van der Waals surface area contributed by atoms with Gasteiger partial charge in [-0.05, 0) is 12.8 Å². The van der Waals surface area contributed by atoms with E-state index in [0.29, 0.717) is 13.2 Å². The molecule has 0 saturated carbocycles. The average molecular weight is 227 g/mol. The van der Waals surface area contributed by atoms with Crippen molar-refractivity contribution in [3.8, 4) is 0 Å². The Morgan fingerprint density at radius 2 is 1.08 bits per heavy atom. The molecule has 0 aliphatic rings. The van der Waals surface area contributed by atoms with Gasteiger partial charge in [-0.1, -0.05) is 20.8 Å². The summed E-state index contributed by atoms with van der Waals surface area (Å²) < 4.78 is 8.25. The van der Waals surface area contributed by atoms with Gasteiger partial charge in [0.1, 0.15) is 0 Å². The van der Waals surface area contributed by atoms with E-state index >= 15 is 0 Å². The van der Waals surface area contributed by atoms with E-state index in [9.17, 15) is 0 Å². The van der Waals surface area contributed by atoms with Crippen molar-refractivity contribution in [2.24, 2.45) is 0 Å². The van der Waals surface area contributed by atoms with Crippen LogP contribution in [0, 0.1) is 6.92 Å². The number of rotatable bonds is 2. The zero-order chi connectivity index (χ0) is 11.5. The van der Waals surface area contributed by atoms with Gasteiger partial charge in [-0.2, -0.15) is 6.42 Å². The second-order valence-electron chi connectivity index (χ2n) is 1.95. The summed E-state index contributed by atoms with van der Waals surface area (Å²) in [6, 6.07) is 0. The van der Waals surface area contributed by atoms with Crippen molar-refractivity contribution < 1.29 is 33.9 Å². The van der Waals surface area contributed by atoms with Crippen molar-refractivity contribution in [3.63, 3.8) is 0 Å². The van der Waals surface area contributed by atoms with Crippen molar-refractivity contribution in [2.75, 3.05) is 13.2 Å². The normalized spacial score (nSPS) is 6.46. The summed E-state index contributed by atoms with van der Waals surface area (Å²) in [5.41, 5.74) is 0. The molecule has 13 heavy (non-hydrogen) atoms. The molecular weight excluding hydrogens is 204 g/mol. The first-order chi connectivity index (χ1) is 6.24. The van der Waals surface area contributed by atoms with Crippen molar-refractivity contribution in [1.29, 1.82) is 0 Å². The second-order valence-corrected chi connectivity index (χ2v) is 1.95. The van der Waals surface area contributed by atoms with Gasteiger partial charge in [-0.15, -0.1) is 0 Å². The molecule has 0 aromatic carbocycles. The molecule has 0 fully saturated rings. The van der Waals surface area contributed by atoms with E-state index in [1.807, 2.05) is 20.8 Å². The second kappa shape index (κ2) is 55.0. The number of aliphatic hydroxyl groups is 2. The summed E-state index contributed by atoms with van der Waals surface area (Å²) >= 11 is 0.750. The number of hydrogen-bond acceptors (Lipinski definition) is 3. The van der Waals surface area contributed by atoms with E-state index in [4.69, 9.17) is 13.5 Å². The fraction of sp³-hybridized carbons (Fsp3) is 0.889. The Bertz CT molecular complexity index is 37.8. The molecule has 3 nitrogen and oxygen atoms in total. The van der Waals surface area contributed by atoms with Gasteiger partial charge in [0.2, 0.25) is 0 Å². The van der Waals surface area contributed by atoms with Crippen LogP contribution in [0.15, 0.2) is 0 Å². The van der Waals surface area contributed by atoms with Crippen LogP contribution in [0.5, 0.6) is 0 Å². The van der Waals surface area contributed by atoms with E-state index in [1.54, 1.807) is 0 Å². The van der Waals surface area contributed by atoms with Gasteiger partial charge in [0.15, 0.2) is 0 Å². The Hall–Kier alpha value is 0.434. The molecule has 0 saturated heterocycles. The van der Waals surface area contributed by atoms with Crippen molar-refractivity contribution >= 4 is 0 Å². The van der Waals surface area contributed by atoms with E-state index < -0.39 is 0 Å². The Morgan fingerprint density at radius 3 is 1.08 bits per heavy atom. The molecule has 0 aliphatic carbocycles. The molecule has 0 bridgehead atoms. The summed E-state index contributed by atoms with van der Waals surface area (Å²) in [6.45, 7) is 10.0. The SMILES string of the molecule is CCCO.CCCO.[CH2-]CC.[O]=[Ti+]. The summed E-state index contributed by atoms with van der Waals surface area (Å²) in [7, 11) is 0. The summed E-state index contributed by atoms with van der Waals surface area (Å²) in [5, 5.41) is 15.8. The van der Waals surface area contributed by atoms with Crippen LogP contribution in [-0.4, -0.2) is 23.4 Å². The zero-order valence-electron chi connectivity index (χ0n) is 9.05. The van der Waals surface area contributed by atoms with Crippen LogP contribution in [-0.2, 0) is 23.7 Å². The van der Waals surface area contributed by atoms with Gasteiger partial charge in [-0.25, -0.2) is 0 Å². The third kappa shape index (κ3) is 228. The van der Waals surface area contributed by atoms with Crippen LogP contribution in [0.2, 0.25) is 0 Å². The minimum absolute atomic E-state index is 0.319. The molecule has 0 rings (SSSR count). The molecule has 0 unspecified atom stereocenters. The third-order valence-corrected chi connectivity index (χ3v) is 0.447. The summed E-state index contributed by atoms with van der Waals surface area (Å²) in [6.07, 6.45) is 2.75. The molecule has 0 radical (unpaired) electrons. The van der Waals surface area contributed by atoms with Crippen LogP contribution in [0.25, 0.3) is 0 Å². The zero-order valence-corrected chi connectivity index (χ0v) is 10.6. The van der Waals surface area contributed by atoms with E-state index in [-0.39, 0.29) is 0 Å². The van der Waals surface area contributed by atoms with Crippen LogP contribution in [0.3, 0.4) is 0 Å². The van der Waals surface area contributed by atoms with Crippen molar-refractivity contribution in [1.82, 2.24) is 0 Å². The van der Waals surface area contributed by atoms with Gasteiger partial charge >= 0.3 is 23.7 Å². The molecule has 0 spiro atoms. The van der Waals surface area contributed by atoms with Gasteiger partial charge in [-0.3, -0.25) is 0 Å². The molecule has 0 heterocycles. The predicted octanol–water partition coefficient (Wildman–Crippen LogP) is 1.89. The van der Waals surface area contributed by atoms with E-state index in [0.717, 1.165) is 39.7 Å². The monoisotopic (exact) mass is 227 g/mol. The first kappa shape index (κ1) is 23.3. The van der Waals surface area contributed by atoms with Crippen molar-refractivity contribution in [2.45, 2.75) is 40.0 Å². The van der Waals surface area contributed by atoms with Crippen LogP contribution < -0.4 is 0 Å². The fourth-order valence-electron chi connectivity index (χ4n) is 0. The molecule has 2 N–H and O–H groups in total. The Kier molecular flexibility index (Phi) is 98.8. The fourth-order valence-corrected chi connectivity index (χ4v) is 0. The topological polar surface area (TPSA) is 57.5 Å². The molecule has 0 amide bonds. The summed E-state index contributed by atoms with van der Waals surface area (Å²) in [4.78, 5) is 0. The van der Waals surface area contributed by atoms with E-state index in [2.05, 4.69) is 6.92 Å². The quantitative estimate of drug-likeness (QED) is 0.559. The maximum absolute atomic E-state index is 8.25. The molecule has 0 aromatic heterocycles. The van der Waals surface area contributed by atoms with Crippen molar-refractivity contribution in [3.05, 3.63) is 6.92 Å².